The van der Waals surface area contributed by atoms with Crippen LogP contribution in [0.15, 0.2) is 12.1 Å². The largest absolute Gasteiger partial charge is 0.465 e. The quantitative estimate of drug-likeness (QED) is 0.513. The summed E-state index contributed by atoms with van der Waals surface area (Å²) in [5.74, 6) is -1.69. The minimum absolute atomic E-state index is 0.107. The summed E-state index contributed by atoms with van der Waals surface area (Å²) in [6.07, 6.45) is 0.620. The fourth-order valence-electron chi connectivity index (χ4n) is 2.66. The lowest BCUT2D eigenvalue weighted by Gasteiger charge is -2.03. The summed E-state index contributed by atoms with van der Waals surface area (Å²) in [6, 6.07) is 3.48. The predicted molar refractivity (Wildman–Crippen MR) is 103 cm³/mol. The van der Waals surface area contributed by atoms with Gasteiger partial charge in [-0.15, -0.1) is 11.3 Å². The standard InChI is InChI=1S/C19H22N2O6S/c1-10-16(18(24)26-4)11(2)21-17(10)19(25)27-9-14(23)15-6-5-13(28-15)7-8-20-12(3)22/h5-6,21H,7-9H2,1-4H3,(H,20,22). The number of esters is 2. The molecule has 0 aromatic carbocycles. The molecule has 0 radical (unpaired) electrons. The zero-order valence-corrected chi connectivity index (χ0v) is 17.0. The molecule has 2 N–H and O–H groups in total. The van der Waals surface area contributed by atoms with E-state index in [-0.39, 0.29) is 22.9 Å². The number of methoxy groups -OCH3 is 1. The van der Waals surface area contributed by atoms with Crippen molar-refractivity contribution < 1.29 is 28.7 Å². The lowest BCUT2D eigenvalue weighted by atomic mass is 10.1. The van der Waals surface area contributed by atoms with Crippen molar-refractivity contribution in [3.8, 4) is 0 Å². The summed E-state index contributed by atoms with van der Waals surface area (Å²) in [4.78, 5) is 51.5. The molecule has 0 unspecified atom stereocenters. The van der Waals surface area contributed by atoms with Crippen molar-refractivity contribution >= 4 is 35.0 Å². The average Bonchev–Trinajstić information content (AvgIpc) is 3.23. The SMILES string of the molecule is COC(=O)c1c(C)[nH]c(C(=O)OCC(=O)c2ccc(CCNC(C)=O)s2)c1C. The van der Waals surface area contributed by atoms with Gasteiger partial charge in [-0.3, -0.25) is 9.59 Å². The molecule has 150 valence electrons. The van der Waals surface area contributed by atoms with Gasteiger partial charge in [0.2, 0.25) is 11.7 Å². The van der Waals surface area contributed by atoms with Crippen LogP contribution in [0, 0.1) is 13.8 Å². The maximum absolute atomic E-state index is 12.3. The third kappa shape index (κ3) is 5.07. The van der Waals surface area contributed by atoms with Crippen molar-refractivity contribution in [2.45, 2.75) is 27.2 Å². The average molecular weight is 406 g/mol. The van der Waals surface area contributed by atoms with Gasteiger partial charge in [-0.1, -0.05) is 0 Å². The zero-order chi connectivity index (χ0) is 20.8. The second-order valence-corrected chi connectivity index (χ2v) is 7.28. The molecule has 2 heterocycles. The van der Waals surface area contributed by atoms with Crippen LogP contribution in [-0.2, 0) is 20.7 Å². The number of thiophene rings is 1. The molecule has 9 heteroatoms. The van der Waals surface area contributed by atoms with Gasteiger partial charge in [0.1, 0.15) is 5.69 Å². The fraction of sp³-hybridized carbons (Fsp3) is 0.368. The van der Waals surface area contributed by atoms with Crippen molar-refractivity contribution in [2.75, 3.05) is 20.3 Å². The van der Waals surface area contributed by atoms with E-state index in [0.29, 0.717) is 29.1 Å². The molecular formula is C19H22N2O6S. The Balaban J connectivity index is 1.96. The van der Waals surface area contributed by atoms with E-state index in [9.17, 15) is 19.2 Å². The molecule has 8 nitrogen and oxygen atoms in total. The number of ether oxygens (including phenoxy) is 2. The van der Waals surface area contributed by atoms with E-state index in [0.717, 1.165) is 4.88 Å². The van der Waals surface area contributed by atoms with Gasteiger partial charge in [0.25, 0.3) is 0 Å². The fourth-order valence-corrected chi connectivity index (χ4v) is 3.59. The second kappa shape index (κ2) is 9.32. The molecule has 2 rings (SSSR count). The summed E-state index contributed by atoms with van der Waals surface area (Å²) < 4.78 is 9.81. The van der Waals surface area contributed by atoms with Crippen LogP contribution >= 0.6 is 11.3 Å². The Morgan fingerprint density at radius 1 is 1.14 bits per heavy atom. The van der Waals surface area contributed by atoms with Crippen molar-refractivity contribution in [2.24, 2.45) is 0 Å². The molecule has 0 saturated heterocycles. The topological polar surface area (TPSA) is 115 Å². The van der Waals surface area contributed by atoms with Crippen LogP contribution in [0.3, 0.4) is 0 Å². The molecule has 2 aromatic rings. The minimum Gasteiger partial charge on any atom is -0.465 e. The minimum atomic E-state index is -0.716. The first kappa shape index (κ1) is 21.4. The number of hydrogen-bond acceptors (Lipinski definition) is 7. The lowest BCUT2D eigenvalue weighted by Crippen LogP contribution is -2.22. The number of carbonyl (C=O) groups excluding carboxylic acids is 4. The van der Waals surface area contributed by atoms with Crippen LogP contribution in [0.5, 0.6) is 0 Å². The Morgan fingerprint density at radius 3 is 2.50 bits per heavy atom. The highest BCUT2D eigenvalue weighted by molar-refractivity contribution is 7.14. The highest BCUT2D eigenvalue weighted by Gasteiger charge is 2.24. The number of Topliss-reactive ketones (excluding diaryl/α,β-unsaturated/α-hetero) is 1. The summed E-state index contributed by atoms with van der Waals surface area (Å²) in [6.45, 7) is 4.78. The molecule has 0 saturated carbocycles. The Bertz CT molecular complexity index is 912. The maximum atomic E-state index is 12.3. The second-order valence-electron chi connectivity index (χ2n) is 6.11. The molecular weight excluding hydrogens is 384 g/mol. The highest BCUT2D eigenvalue weighted by atomic mass is 32.1. The summed E-state index contributed by atoms with van der Waals surface area (Å²) in [5, 5.41) is 2.69. The van der Waals surface area contributed by atoms with Crippen LogP contribution in [0.1, 0.15) is 53.6 Å². The van der Waals surface area contributed by atoms with Gasteiger partial charge in [-0.25, -0.2) is 9.59 Å². The number of aryl methyl sites for hydroxylation is 1. The molecule has 2 aromatic heterocycles. The first-order valence-electron chi connectivity index (χ1n) is 8.55. The number of aromatic nitrogens is 1. The van der Waals surface area contributed by atoms with E-state index in [1.165, 1.54) is 25.4 Å². The molecule has 0 bridgehead atoms. The Kier molecular flexibility index (Phi) is 7.11. The zero-order valence-electron chi connectivity index (χ0n) is 16.1. The molecule has 1 amide bonds. The van der Waals surface area contributed by atoms with E-state index in [4.69, 9.17) is 9.47 Å². The smallest absolute Gasteiger partial charge is 0.355 e. The van der Waals surface area contributed by atoms with Gasteiger partial charge < -0.3 is 19.8 Å². The normalized spacial score (nSPS) is 10.4. The Morgan fingerprint density at radius 2 is 1.86 bits per heavy atom. The van der Waals surface area contributed by atoms with Gasteiger partial charge >= 0.3 is 11.9 Å². The summed E-state index contributed by atoms with van der Waals surface area (Å²) >= 11 is 1.30. The third-order valence-corrected chi connectivity index (χ3v) is 5.23. The van der Waals surface area contributed by atoms with E-state index in [2.05, 4.69) is 10.3 Å². The van der Waals surface area contributed by atoms with Crippen molar-refractivity contribution in [3.63, 3.8) is 0 Å². The number of aromatic amines is 1. The van der Waals surface area contributed by atoms with E-state index >= 15 is 0 Å². The van der Waals surface area contributed by atoms with Gasteiger partial charge in [0, 0.05) is 24.0 Å². The van der Waals surface area contributed by atoms with Crippen LogP contribution in [0.2, 0.25) is 0 Å². The first-order valence-corrected chi connectivity index (χ1v) is 9.37. The Labute approximate surface area is 166 Å². The number of rotatable bonds is 8. The molecule has 0 aliphatic heterocycles. The number of ketones is 1. The monoisotopic (exact) mass is 406 g/mol. The van der Waals surface area contributed by atoms with Crippen molar-refractivity contribution in [3.05, 3.63) is 44.4 Å². The van der Waals surface area contributed by atoms with Gasteiger partial charge in [-0.2, -0.15) is 0 Å². The molecule has 0 aliphatic carbocycles. The van der Waals surface area contributed by atoms with E-state index in [1.54, 1.807) is 19.9 Å². The van der Waals surface area contributed by atoms with E-state index < -0.39 is 18.5 Å². The van der Waals surface area contributed by atoms with Crippen molar-refractivity contribution in [1.29, 1.82) is 0 Å². The predicted octanol–water partition coefficient (Wildman–Crippen LogP) is 2.20. The first-order chi connectivity index (χ1) is 13.2. The van der Waals surface area contributed by atoms with Crippen LogP contribution < -0.4 is 5.32 Å². The number of hydrogen-bond donors (Lipinski definition) is 2. The van der Waals surface area contributed by atoms with Crippen LogP contribution in [0.25, 0.3) is 0 Å². The maximum Gasteiger partial charge on any atom is 0.355 e. The Hall–Kier alpha value is -2.94. The summed E-state index contributed by atoms with van der Waals surface area (Å²) in [5.41, 5.74) is 1.30. The number of nitrogens with one attached hydrogen (secondary N) is 2. The number of amides is 1. The van der Waals surface area contributed by atoms with Gasteiger partial charge in [-0.05, 0) is 38.0 Å². The van der Waals surface area contributed by atoms with Crippen LogP contribution in [0.4, 0.5) is 0 Å². The van der Waals surface area contributed by atoms with E-state index in [1.807, 2.05) is 6.07 Å². The van der Waals surface area contributed by atoms with Gasteiger partial charge in [0.15, 0.2) is 6.61 Å². The molecule has 28 heavy (non-hydrogen) atoms. The molecule has 0 fully saturated rings. The lowest BCUT2D eigenvalue weighted by molar-refractivity contribution is -0.118. The molecule has 0 aliphatic rings. The summed E-state index contributed by atoms with van der Waals surface area (Å²) in [7, 11) is 1.26. The van der Waals surface area contributed by atoms with Crippen molar-refractivity contribution in [1.82, 2.24) is 10.3 Å². The van der Waals surface area contributed by atoms with Gasteiger partial charge in [0.05, 0.1) is 17.6 Å². The third-order valence-electron chi connectivity index (χ3n) is 4.05. The number of H-pyrrole nitrogens is 1. The highest BCUT2D eigenvalue weighted by Crippen LogP contribution is 2.21. The van der Waals surface area contributed by atoms with Crippen LogP contribution in [-0.4, -0.2) is 48.9 Å². The number of carbonyl (C=O) groups is 4. The molecule has 0 atom stereocenters. The molecule has 0 spiro atoms.